The van der Waals surface area contributed by atoms with E-state index in [0.717, 1.165) is 5.69 Å². The molecule has 6 N–H and O–H groups in total. The molecule has 1 heterocycles. The van der Waals surface area contributed by atoms with Gasteiger partial charge in [-0.05, 0) is 29.7 Å². The largest absolute Gasteiger partial charge is 0.543 e. The van der Waals surface area contributed by atoms with Crippen LogP contribution in [0.2, 0.25) is 0 Å². The number of hydrogen-bond acceptors (Lipinski definition) is 6. The summed E-state index contributed by atoms with van der Waals surface area (Å²) in [7, 11) is -1.39. The van der Waals surface area contributed by atoms with Crippen LogP contribution in [0.1, 0.15) is 21.0 Å². The van der Waals surface area contributed by atoms with Crippen LogP contribution in [0.3, 0.4) is 0 Å². The van der Waals surface area contributed by atoms with Gasteiger partial charge in [-0.2, -0.15) is 0 Å². The lowest BCUT2D eigenvalue weighted by Gasteiger charge is -2.00. The molecule has 1 aromatic heterocycles. The molecule has 2 aromatic rings. The molecule has 0 amide bonds. The molecular weight excluding hydrogens is 291 g/mol. The maximum absolute atomic E-state index is 10.3. The summed E-state index contributed by atoms with van der Waals surface area (Å²) < 4.78 is 0. The Labute approximate surface area is 125 Å². The second kappa shape index (κ2) is 7.88. The van der Waals surface area contributed by atoms with Crippen molar-refractivity contribution in [1.82, 2.24) is 4.98 Å². The molecule has 0 spiro atoms. The highest BCUT2D eigenvalue weighted by Gasteiger charge is 2.10. The number of rotatable bonds is 3. The summed E-state index contributed by atoms with van der Waals surface area (Å²) in [4.78, 5) is 23.8. The maximum atomic E-state index is 10.3. The minimum absolute atomic E-state index is 0.309. The van der Waals surface area contributed by atoms with Gasteiger partial charge in [0.25, 0.3) is 0 Å². The fourth-order valence-electron chi connectivity index (χ4n) is 1.42. The van der Waals surface area contributed by atoms with Gasteiger partial charge in [-0.25, -0.2) is 9.78 Å². The van der Waals surface area contributed by atoms with Crippen LogP contribution < -0.4 is 16.3 Å². The van der Waals surface area contributed by atoms with Crippen LogP contribution in [-0.4, -0.2) is 39.2 Å². The average Bonchev–Trinajstić information content (AvgIpc) is 2.48. The second-order valence-electron chi connectivity index (χ2n) is 4.12. The van der Waals surface area contributed by atoms with Crippen molar-refractivity contribution >= 4 is 30.2 Å². The van der Waals surface area contributed by atoms with E-state index in [-0.39, 0.29) is 11.4 Å². The molecule has 22 heavy (non-hydrogen) atoms. The van der Waals surface area contributed by atoms with Gasteiger partial charge < -0.3 is 30.8 Å². The van der Waals surface area contributed by atoms with Crippen LogP contribution in [0.4, 0.5) is 5.69 Å². The van der Waals surface area contributed by atoms with E-state index in [1.165, 1.54) is 18.2 Å². The molecule has 2 rings (SSSR count). The minimum atomic E-state index is -1.49. The molecular formula is C13H13BN2O6. The van der Waals surface area contributed by atoms with Crippen molar-refractivity contribution in [2.75, 3.05) is 0 Å². The Kier molecular flexibility index (Phi) is 6.20. The van der Waals surface area contributed by atoms with E-state index in [0.29, 0.717) is 5.46 Å². The quantitative estimate of drug-likeness (QED) is 0.452. The number of carbonyl (C=O) groups excluding carboxylic acids is 1. The third kappa shape index (κ3) is 5.33. The Morgan fingerprint density at radius 3 is 2.14 bits per heavy atom. The Morgan fingerprint density at radius 2 is 1.68 bits per heavy atom. The first kappa shape index (κ1) is 17.3. The SMILES string of the molecule is O=C([O-])c1cccc(C(=O)O)n1.[NH3+]c1cccc(B(O)O)c1. The number of carboxylic acids is 2. The van der Waals surface area contributed by atoms with Crippen LogP contribution in [0, 0.1) is 0 Å². The number of nitrogens with zero attached hydrogens (tertiary/aromatic N) is 1. The first-order chi connectivity index (χ1) is 10.3. The van der Waals surface area contributed by atoms with E-state index in [1.807, 2.05) is 0 Å². The molecule has 1 aromatic carbocycles. The summed E-state index contributed by atoms with van der Waals surface area (Å²) in [6.07, 6.45) is 0. The Balaban J connectivity index is 0.000000224. The van der Waals surface area contributed by atoms with Gasteiger partial charge in [0, 0.05) is 0 Å². The smallest absolute Gasteiger partial charge is 0.488 e. The molecule has 0 aliphatic rings. The third-order valence-electron chi connectivity index (χ3n) is 2.43. The molecule has 0 unspecified atom stereocenters. The lowest BCUT2D eigenvalue weighted by Crippen LogP contribution is -2.42. The zero-order valence-corrected chi connectivity index (χ0v) is 11.3. The van der Waals surface area contributed by atoms with E-state index in [1.54, 1.807) is 24.3 Å². The molecule has 8 nitrogen and oxygen atoms in total. The highest BCUT2D eigenvalue weighted by Crippen LogP contribution is 1.98. The van der Waals surface area contributed by atoms with Crippen molar-refractivity contribution < 1.29 is 35.6 Å². The highest BCUT2D eigenvalue weighted by atomic mass is 16.4. The van der Waals surface area contributed by atoms with Crippen molar-refractivity contribution in [3.05, 3.63) is 53.9 Å². The molecule has 0 atom stereocenters. The number of benzene rings is 1. The highest BCUT2D eigenvalue weighted by molar-refractivity contribution is 6.58. The fraction of sp³-hybridized carbons (Fsp3) is 0. The lowest BCUT2D eigenvalue weighted by atomic mass is 9.80. The molecule has 0 fully saturated rings. The number of aromatic carboxylic acids is 2. The molecule has 114 valence electrons. The molecule has 0 aliphatic carbocycles. The van der Waals surface area contributed by atoms with Crippen molar-refractivity contribution in [3.63, 3.8) is 0 Å². The summed E-state index contributed by atoms with van der Waals surface area (Å²) in [6, 6.07) is 10.5. The summed E-state index contributed by atoms with van der Waals surface area (Å²) in [5.74, 6) is -2.75. The number of quaternary nitrogens is 1. The van der Waals surface area contributed by atoms with E-state index in [2.05, 4.69) is 10.7 Å². The number of aromatic nitrogens is 1. The molecule has 9 heteroatoms. The van der Waals surface area contributed by atoms with E-state index < -0.39 is 19.1 Å². The van der Waals surface area contributed by atoms with Crippen molar-refractivity contribution in [1.29, 1.82) is 0 Å². The van der Waals surface area contributed by atoms with Gasteiger partial charge in [0.2, 0.25) is 0 Å². The second-order valence-corrected chi connectivity index (χ2v) is 4.12. The first-order valence-electron chi connectivity index (χ1n) is 6.01. The molecule has 0 saturated carbocycles. The van der Waals surface area contributed by atoms with Crippen LogP contribution >= 0.6 is 0 Å². The molecule has 0 bridgehead atoms. The zero-order valence-electron chi connectivity index (χ0n) is 11.3. The Morgan fingerprint density at radius 1 is 1.09 bits per heavy atom. The summed E-state index contributed by atoms with van der Waals surface area (Å²) in [5.41, 5.74) is 4.22. The molecule has 0 radical (unpaired) electrons. The van der Waals surface area contributed by atoms with Gasteiger partial charge in [-0.3, -0.25) is 0 Å². The first-order valence-corrected chi connectivity index (χ1v) is 6.01. The van der Waals surface area contributed by atoms with Gasteiger partial charge in [0.1, 0.15) is 11.4 Å². The van der Waals surface area contributed by atoms with Crippen molar-refractivity contribution in [2.24, 2.45) is 0 Å². The molecule has 0 saturated heterocycles. The predicted molar refractivity (Wildman–Crippen MR) is 74.3 cm³/mol. The van der Waals surface area contributed by atoms with E-state index in [9.17, 15) is 14.7 Å². The fourth-order valence-corrected chi connectivity index (χ4v) is 1.42. The normalized spacial score (nSPS) is 9.41. The number of pyridine rings is 1. The summed E-state index contributed by atoms with van der Waals surface area (Å²) in [6.45, 7) is 0. The number of hydrogen-bond donors (Lipinski definition) is 4. The van der Waals surface area contributed by atoms with Gasteiger partial charge in [-0.1, -0.05) is 18.2 Å². The van der Waals surface area contributed by atoms with Gasteiger partial charge >= 0.3 is 13.1 Å². The van der Waals surface area contributed by atoms with Crippen molar-refractivity contribution in [3.8, 4) is 0 Å². The Bertz CT molecular complexity index is 648. The Hall–Kier alpha value is -2.75. The third-order valence-corrected chi connectivity index (χ3v) is 2.43. The minimum Gasteiger partial charge on any atom is -0.543 e. The number of carbonyl (C=O) groups is 2. The zero-order chi connectivity index (χ0) is 16.7. The predicted octanol–water partition coefficient (Wildman–Crippen LogP) is -2.62. The molecule has 0 aliphatic heterocycles. The standard InChI is InChI=1S/C7H5NO4.C6H8BNO2/c9-6(10)4-2-1-3-5(8-4)7(11)12;8-6-3-1-2-5(4-6)7(9)10/h1-3H,(H,9,10)(H,11,12);1-4,9-10H,8H2. The van der Waals surface area contributed by atoms with Gasteiger partial charge in [0.05, 0.1) is 11.7 Å². The summed E-state index contributed by atoms with van der Waals surface area (Å²) in [5, 5.41) is 36.0. The van der Waals surface area contributed by atoms with Crippen LogP contribution in [0.5, 0.6) is 0 Å². The monoisotopic (exact) mass is 304 g/mol. The van der Waals surface area contributed by atoms with Gasteiger partial charge in [-0.15, -0.1) is 0 Å². The topological polar surface area (TPSA) is 158 Å². The van der Waals surface area contributed by atoms with Gasteiger partial charge in [0.15, 0.2) is 0 Å². The van der Waals surface area contributed by atoms with Crippen LogP contribution in [-0.2, 0) is 0 Å². The van der Waals surface area contributed by atoms with Crippen molar-refractivity contribution in [2.45, 2.75) is 0 Å². The maximum Gasteiger partial charge on any atom is 0.488 e. The lowest BCUT2D eigenvalue weighted by molar-refractivity contribution is -0.256. The van der Waals surface area contributed by atoms with Crippen LogP contribution in [0.25, 0.3) is 0 Å². The van der Waals surface area contributed by atoms with E-state index in [4.69, 9.17) is 15.2 Å². The van der Waals surface area contributed by atoms with Crippen LogP contribution in [0.15, 0.2) is 42.5 Å². The average molecular weight is 304 g/mol. The summed E-state index contributed by atoms with van der Waals surface area (Å²) >= 11 is 0. The van der Waals surface area contributed by atoms with E-state index >= 15 is 0 Å². The number of carboxylic acid groups (broad SMARTS) is 2.